The van der Waals surface area contributed by atoms with E-state index >= 15 is 0 Å². The number of allylic oxidation sites excluding steroid dienone is 1. The van der Waals surface area contributed by atoms with Crippen LogP contribution >= 0.6 is 0 Å². The largest absolute Gasteiger partial charge is 0.497 e. The Bertz CT molecular complexity index is 1190. The van der Waals surface area contributed by atoms with Gasteiger partial charge in [0.2, 0.25) is 0 Å². The fraction of sp³-hybridized carbons (Fsp3) is 0.240. The number of nitrogens with zero attached hydrogens (tertiary/aromatic N) is 2. The van der Waals surface area contributed by atoms with Gasteiger partial charge in [0, 0.05) is 22.4 Å². The van der Waals surface area contributed by atoms with Crippen molar-refractivity contribution in [1.29, 1.82) is 0 Å². The van der Waals surface area contributed by atoms with Crippen LogP contribution in [0.5, 0.6) is 5.75 Å². The second-order valence-electron chi connectivity index (χ2n) is 7.77. The predicted octanol–water partition coefficient (Wildman–Crippen LogP) is 4.40. The number of ketones is 1. The first kappa shape index (κ1) is 20.6. The molecule has 6 heteroatoms. The summed E-state index contributed by atoms with van der Waals surface area (Å²) in [7, 11) is 1.63. The summed E-state index contributed by atoms with van der Waals surface area (Å²) in [5, 5.41) is 14.4. The van der Waals surface area contributed by atoms with E-state index in [1.165, 1.54) is 0 Å². The van der Waals surface area contributed by atoms with E-state index in [-0.39, 0.29) is 12.2 Å². The molecule has 0 spiro atoms. The van der Waals surface area contributed by atoms with Gasteiger partial charge in [-0.3, -0.25) is 14.3 Å². The summed E-state index contributed by atoms with van der Waals surface area (Å²) in [4.78, 5) is 24.9. The third kappa shape index (κ3) is 3.89. The summed E-state index contributed by atoms with van der Waals surface area (Å²) in [5.41, 5.74) is 5.23. The lowest BCUT2D eigenvalue weighted by atomic mass is 9.78. The van der Waals surface area contributed by atoms with Gasteiger partial charge in [-0.2, -0.15) is 5.10 Å². The highest BCUT2D eigenvalue weighted by Gasteiger charge is 2.33. The van der Waals surface area contributed by atoms with Crippen LogP contribution in [0, 0.1) is 13.8 Å². The van der Waals surface area contributed by atoms with Gasteiger partial charge in [-0.05, 0) is 49.6 Å². The van der Waals surface area contributed by atoms with Crippen molar-refractivity contribution in [2.75, 3.05) is 7.11 Å². The van der Waals surface area contributed by atoms with Crippen LogP contribution in [0.2, 0.25) is 0 Å². The molecule has 0 amide bonds. The SMILES string of the molecule is COc1ccc(Cn2nc(C)c(/C=C3/CC(C(=O)O)c4ccccc4C3=O)c2C)cc1. The Kier molecular flexibility index (Phi) is 5.46. The van der Waals surface area contributed by atoms with Crippen LogP contribution in [-0.2, 0) is 11.3 Å². The first-order valence-electron chi connectivity index (χ1n) is 10.1. The molecule has 0 saturated heterocycles. The number of hydrogen-bond acceptors (Lipinski definition) is 4. The number of Topliss-reactive ketones (excluding diaryl/α,β-unsaturated/α-hetero) is 1. The Balaban J connectivity index is 1.68. The Morgan fingerprint density at radius 1 is 1.19 bits per heavy atom. The molecule has 1 aliphatic carbocycles. The first-order valence-corrected chi connectivity index (χ1v) is 10.1. The summed E-state index contributed by atoms with van der Waals surface area (Å²) in [5.74, 6) is -0.967. The van der Waals surface area contributed by atoms with Gasteiger partial charge in [0.25, 0.3) is 0 Å². The second-order valence-corrected chi connectivity index (χ2v) is 7.77. The molecule has 1 aromatic heterocycles. The minimum atomic E-state index is -0.922. The lowest BCUT2D eigenvalue weighted by molar-refractivity contribution is -0.138. The minimum Gasteiger partial charge on any atom is -0.497 e. The average Bonchev–Trinajstić information content (AvgIpc) is 3.03. The van der Waals surface area contributed by atoms with Crippen LogP contribution in [0.4, 0.5) is 0 Å². The molecule has 0 fully saturated rings. The van der Waals surface area contributed by atoms with Gasteiger partial charge >= 0.3 is 5.97 Å². The molecule has 1 N–H and O–H groups in total. The second kappa shape index (κ2) is 8.22. The zero-order valence-electron chi connectivity index (χ0n) is 17.8. The van der Waals surface area contributed by atoms with Crippen LogP contribution < -0.4 is 4.74 Å². The number of ether oxygens (including phenoxy) is 1. The molecule has 1 unspecified atom stereocenters. The molecular formula is C25H24N2O4. The van der Waals surface area contributed by atoms with Crippen molar-refractivity contribution in [3.05, 3.63) is 87.7 Å². The van der Waals surface area contributed by atoms with Crippen LogP contribution in [-0.4, -0.2) is 33.7 Å². The van der Waals surface area contributed by atoms with Crippen molar-refractivity contribution in [3.63, 3.8) is 0 Å². The van der Waals surface area contributed by atoms with Crippen molar-refractivity contribution in [2.45, 2.75) is 32.7 Å². The molecule has 2 aromatic carbocycles. The third-order valence-electron chi connectivity index (χ3n) is 5.84. The Hall–Kier alpha value is -3.67. The molecule has 1 aliphatic rings. The van der Waals surface area contributed by atoms with E-state index < -0.39 is 11.9 Å². The van der Waals surface area contributed by atoms with E-state index in [0.717, 1.165) is 28.3 Å². The highest BCUT2D eigenvalue weighted by Crippen LogP contribution is 2.36. The normalized spacial score (nSPS) is 16.9. The summed E-state index contributed by atoms with van der Waals surface area (Å²) in [6, 6.07) is 14.8. The van der Waals surface area contributed by atoms with E-state index in [9.17, 15) is 14.7 Å². The van der Waals surface area contributed by atoms with E-state index in [0.29, 0.717) is 23.2 Å². The van der Waals surface area contributed by atoms with E-state index in [1.807, 2.05) is 48.9 Å². The number of aryl methyl sites for hydroxylation is 1. The zero-order chi connectivity index (χ0) is 22.1. The smallest absolute Gasteiger partial charge is 0.311 e. The van der Waals surface area contributed by atoms with Gasteiger partial charge in [-0.15, -0.1) is 0 Å². The fourth-order valence-corrected chi connectivity index (χ4v) is 4.10. The highest BCUT2D eigenvalue weighted by atomic mass is 16.5. The van der Waals surface area contributed by atoms with Crippen molar-refractivity contribution < 1.29 is 19.4 Å². The van der Waals surface area contributed by atoms with Crippen LogP contribution in [0.25, 0.3) is 6.08 Å². The summed E-state index contributed by atoms with van der Waals surface area (Å²) in [6.07, 6.45) is 1.99. The number of methoxy groups -OCH3 is 1. The molecule has 0 radical (unpaired) electrons. The number of aliphatic carboxylic acids is 1. The summed E-state index contributed by atoms with van der Waals surface area (Å²) >= 11 is 0. The molecular weight excluding hydrogens is 392 g/mol. The quantitative estimate of drug-likeness (QED) is 0.624. The minimum absolute atomic E-state index is 0.116. The number of carboxylic acid groups (broad SMARTS) is 1. The van der Waals surface area contributed by atoms with Crippen molar-refractivity contribution in [1.82, 2.24) is 9.78 Å². The van der Waals surface area contributed by atoms with Crippen LogP contribution in [0.3, 0.4) is 0 Å². The standard InChI is InChI=1S/C25H24N2O4/c1-15-22(16(2)27(26-15)14-17-8-10-19(31-3)11-9-17)12-18-13-23(25(29)30)20-6-4-5-7-21(20)24(18)28/h4-12,23H,13-14H2,1-3H3,(H,29,30)/b18-12-. The maximum atomic E-state index is 13.1. The predicted molar refractivity (Wildman–Crippen MR) is 118 cm³/mol. The average molecular weight is 416 g/mol. The molecule has 1 atom stereocenters. The number of carbonyl (C=O) groups is 2. The van der Waals surface area contributed by atoms with Gasteiger partial charge in [0.05, 0.1) is 25.3 Å². The molecule has 3 aromatic rings. The van der Waals surface area contributed by atoms with Crippen LogP contribution in [0.15, 0.2) is 54.1 Å². The molecule has 1 heterocycles. The monoisotopic (exact) mass is 416 g/mol. The number of carboxylic acids is 1. The molecule has 158 valence electrons. The van der Waals surface area contributed by atoms with Gasteiger partial charge in [0.15, 0.2) is 5.78 Å². The van der Waals surface area contributed by atoms with E-state index in [1.54, 1.807) is 31.4 Å². The van der Waals surface area contributed by atoms with Crippen molar-refractivity contribution in [3.8, 4) is 5.75 Å². The summed E-state index contributed by atoms with van der Waals surface area (Å²) < 4.78 is 7.11. The van der Waals surface area contributed by atoms with Crippen molar-refractivity contribution >= 4 is 17.8 Å². The molecule has 31 heavy (non-hydrogen) atoms. The maximum absolute atomic E-state index is 13.1. The van der Waals surface area contributed by atoms with Gasteiger partial charge in [-0.1, -0.05) is 36.4 Å². The highest BCUT2D eigenvalue weighted by molar-refractivity contribution is 6.14. The number of carbonyl (C=O) groups excluding carboxylic acids is 1. The van der Waals surface area contributed by atoms with E-state index in [4.69, 9.17) is 4.74 Å². The van der Waals surface area contributed by atoms with Gasteiger partial charge in [-0.25, -0.2) is 0 Å². The van der Waals surface area contributed by atoms with E-state index in [2.05, 4.69) is 5.10 Å². The van der Waals surface area contributed by atoms with Gasteiger partial charge < -0.3 is 9.84 Å². The Morgan fingerprint density at radius 3 is 2.58 bits per heavy atom. The molecule has 4 rings (SSSR count). The van der Waals surface area contributed by atoms with Crippen molar-refractivity contribution in [2.24, 2.45) is 0 Å². The Morgan fingerprint density at radius 2 is 1.90 bits per heavy atom. The zero-order valence-corrected chi connectivity index (χ0v) is 17.8. The maximum Gasteiger partial charge on any atom is 0.311 e. The number of rotatable bonds is 5. The number of hydrogen-bond donors (Lipinski definition) is 1. The molecule has 0 aliphatic heterocycles. The topological polar surface area (TPSA) is 81.4 Å². The van der Waals surface area contributed by atoms with Crippen LogP contribution in [0.1, 0.15) is 50.8 Å². The fourth-order valence-electron chi connectivity index (χ4n) is 4.10. The Labute approximate surface area is 180 Å². The molecule has 0 bridgehead atoms. The summed E-state index contributed by atoms with van der Waals surface area (Å²) in [6.45, 7) is 4.46. The number of aromatic nitrogens is 2. The lowest BCUT2D eigenvalue weighted by Crippen LogP contribution is -2.23. The number of fused-ring (bicyclic) bond motifs is 1. The lowest BCUT2D eigenvalue weighted by Gasteiger charge is -2.23. The molecule has 0 saturated carbocycles. The number of benzene rings is 2. The van der Waals surface area contributed by atoms with Gasteiger partial charge in [0.1, 0.15) is 5.75 Å². The first-order chi connectivity index (χ1) is 14.9. The molecule has 6 nitrogen and oxygen atoms in total. The third-order valence-corrected chi connectivity index (χ3v) is 5.84.